The third-order valence-electron chi connectivity index (χ3n) is 3.40. The molecule has 104 valence electrons. The first-order valence-electron chi connectivity index (χ1n) is 6.91. The highest BCUT2D eigenvalue weighted by molar-refractivity contribution is 5.57. The number of nitrogens with zero attached hydrogens (tertiary/aromatic N) is 4. The Morgan fingerprint density at radius 2 is 2.00 bits per heavy atom. The van der Waals surface area contributed by atoms with E-state index in [0.29, 0.717) is 18.4 Å². The number of anilines is 1. The van der Waals surface area contributed by atoms with Crippen molar-refractivity contribution in [2.75, 3.05) is 18.1 Å². The molecule has 1 aliphatic rings. The van der Waals surface area contributed by atoms with Crippen LogP contribution in [0.5, 0.6) is 0 Å². The molecule has 2 aromatic rings. The fraction of sp³-hybridized carbons (Fsp3) is 0.400. The van der Waals surface area contributed by atoms with E-state index in [1.165, 1.54) is 12.8 Å². The van der Waals surface area contributed by atoms with Crippen LogP contribution in [0, 0.1) is 6.92 Å². The van der Waals surface area contributed by atoms with Crippen LogP contribution in [0.3, 0.4) is 0 Å². The zero-order chi connectivity index (χ0) is 13.9. The average molecular weight is 270 g/mol. The molecule has 3 rings (SSSR count). The largest absolute Gasteiger partial charge is 0.395 e. The van der Waals surface area contributed by atoms with Gasteiger partial charge in [-0.2, -0.15) is 0 Å². The summed E-state index contributed by atoms with van der Waals surface area (Å²) >= 11 is 0. The minimum atomic E-state index is 0.143. The van der Waals surface area contributed by atoms with E-state index in [2.05, 4.69) is 19.9 Å². The summed E-state index contributed by atoms with van der Waals surface area (Å²) in [6, 6.07) is 6.32. The van der Waals surface area contributed by atoms with Crippen molar-refractivity contribution in [1.29, 1.82) is 0 Å². The number of hydrogen-bond donors (Lipinski definition) is 1. The summed E-state index contributed by atoms with van der Waals surface area (Å²) in [5, 5.41) is 9.24. The van der Waals surface area contributed by atoms with Gasteiger partial charge in [-0.25, -0.2) is 9.97 Å². The van der Waals surface area contributed by atoms with Crippen LogP contribution in [0.25, 0.3) is 11.4 Å². The highest BCUT2D eigenvalue weighted by Crippen LogP contribution is 2.31. The van der Waals surface area contributed by atoms with Crippen LogP contribution in [0.2, 0.25) is 0 Å². The van der Waals surface area contributed by atoms with Gasteiger partial charge in [-0.3, -0.25) is 4.98 Å². The molecule has 1 fully saturated rings. The van der Waals surface area contributed by atoms with Gasteiger partial charge in [-0.1, -0.05) is 0 Å². The standard InChI is InChI=1S/C15H18N4O/c1-11-10-14(19(8-9-20)13-2-3-13)18-15(17-11)12-4-6-16-7-5-12/h4-7,10,13,20H,2-3,8-9H2,1H3. The topological polar surface area (TPSA) is 62.1 Å². The Balaban J connectivity index is 1.97. The zero-order valence-corrected chi connectivity index (χ0v) is 11.5. The molecule has 5 heteroatoms. The molecule has 0 spiro atoms. The van der Waals surface area contributed by atoms with Crippen molar-refractivity contribution >= 4 is 5.82 Å². The molecule has 1 aliphatic carbocycles. The molecule has 0 atom stereocenters. The molecule has 2 aromatic heterocycles. The van der Waals surface area contributed by atoms with Gasteiger partial charge in [0.05, 0.1) is 6.61 Å². The lowest BCUT2D eigenvalue weighted by Gasteiger charge is -2.23. The fourth-order valence-electron chi connectivity index (χ4n) is 2.31. The summed E-state index contributed by atoms with van der Waals surface area (Å²) < 4.78 is 0. The van der Waals surface area contributed by atoms with E-state index in [-0.39, 0.29) is 6.61 Å². The molecule has 0 bridgehead atoms. The number of aryl methyl sites for hydroxylation is 1. The Bertz CT molecular complexity index is 584. The lowest BCUT2D eigenvalue weighted by Crippen LogP contribution is -2.30. The predicted octanol–water partition coefficient (Wildman–Crippen LogP) is 1.81. The quantitative estimate of drug-likeness (QED) is 0.897. The second-order valence-electron chi connectivity index (χ2n) is 5.08. The van der Waals surface area contributed by atoms with Crippen LogP contribution in [-0.2, 0) is 0 Å². The van der Waals surface area contributed by atoms with E-state index in [4.69, 9.17) is 0 Å². The van der Waals surface area contributed by atoms with Gasteiger partial charge in [0, 0.05) is 42.3 Å². The molecule has 1 saturated carbocycles. The Morgan fingerprint density at radius 3 is 2.65 bits per heavy atom. The lowest BCUT2D eigenvalue weighted by molar-refractivity contribution is 0.301. The zero-order valence-electron chi connectivity index (χ0n) is 11.5. The minimum absolute atomic E-state index is 0.143. The summed E-state index contributed by atoms with van der Waals surface area (Å²) in [5.41, 5.74) is 1.90. The van der Waals surface area contributed by atoms with Crippen LogP contribution in [0.4, 0.5) is 5.82 Å². The van der Waals surface area contributed by atoms with Gasteiger partial charge in [0.25, 0.3) is 0 Å². The Hall–Kier alpha value is -2.01. The summed E-state index contributed by atoms with van der Waals surface area (Å²) in [7, 11) is 0. The third-order valence-corrected chi connectivity index (χ3v) is 3.40. The van der Waals surface area contributed by atoms with E-state index in [1.54, 1.807) is 12.4 Å². The number of aromatic nitrogens is 3. The highest BCUT2D eigenvalue weighted by Gasteiger charge is 2.30. The lowest BCUT2D eigenvalue weighted by atomic mass is 10.2. The van der Waals surface area contributed by atoms with Gasteiger partial charge >= 0.3 is 0 Å². The molecule has 0 radical (unpaired) electrons. The average Bonchev–Trinajstić information content (AvgIpc) is 3.29. The van der Waals surface area contributed by atoms with Gasteiger partial charge in [-0.05, 0) is 31.9 Å². The monoisotopic (exact) mass is 270 g/mol. The van der Waals surface area contributed by atoms with Crippen molar-refractivity contribution in [2.24, 2.45) is 0 Å². The molecule has 0 aromatic carbocycles. The second kappa shape index (κ2) is 5.54. The molecule has 2 heterocycles. The molecule has 0 unspecified atom stereocenters. The maximum absolute atomic E-state index is 9.24. The van der Waals surface area contributed by atoms with E-state index >= 15 is 0 Å². The van der Waals surface area contributed by atoms with Crippen LogP contribution in [-0.4, -0.2) is 39.3 Å². The van der Waals surface area contributed by atoms with Crippen molar-refractivity contribution in [3.63, 3.8) is 0 Å². The van der Waals surface area contributed by atoms with Gasteiger partial charge in [0.2, 0.25) is 0 Å². The molecule has 20 heavy (non-hydrogen) atoms. The number of pyridine rings is 1. The third kappa shape index (κ3) is 2.77. The van der Waals surface area contributed by atoms with E-state index in [0.717, 1.165) is 17.1 Å². The molecular formula is C15H18N4O. The molecule has 0 aliphatic heterocycles. The fourth-order valence-corrected chi connectivity index (χ4v) is 2.31. The normalized spacial score (nSPS) is 14.3. The molecule has 0 amide bonds. The maximum Gasteiger partial charge on any atom is 0.161 e. The predicted molar refractivity (Wildman–Crippen MR) is 77.5 cm³/mol. The van der Waals surface area contributed by atoms with Crippen molar-refractivity contribution in [1.82, 2.24) is 15.0 Å². The first-order chi connectivity index (χ1) is 9.78. The van der Waals surface area contributed by atoms with Gasteiger partial charge < -0.3 is 10.0 Å². The molecule has 0 saturated heterocycles. The first kappa shape index (κ1) is 13.0. The van der Waals surface area contributed by atoms with Crippen LogP contribution >= 0.6 is 0 Å². The van der Waals surface area contributed by atoms with Gasteiger partial charge in [0.1, 0.15) is 5.82 Å². The van der Waals surface area contributed by atoms with Crippen molar-refractivity contribution in [3.8, 4) is 11.4 Å². The SMILES string of the molecule is Cc1cc(N(CCO)C2CC2)nc(-c2ccncc2)n1. The van der Waals surface area contributed by atoms with Gasteiger partial charge in [-0.15, -0.1) is 0 Å². The van der Waals surface area contributed by atoms with Crippen LogP contribution in [0.1, 0.15) is 18.5 Å². The second-order valence-corrected chi connectivity index (χ2v) is 5.08. The summed E-state index contributed by atoms with van der Waals surface area (Å²) in [6.07, 6.45) is 5.83. The van der Waals surface area contributed by atoms with Crippen molar-refractivity contribution in [3.05, 3.63) is 36.3 Å². The first-order valence-corrected chi connectivity index (χ1v) is 6.91. The summed E-state index contributed by atoms with van der Waals surface area (Å²) in [6.45, 7) is 2.74. The summed E-state index contributed by atoms with van der Waals surface area (Å²) in [5.74, 6) is 1.62. The molecular weight excluding hydrogens is 252 g/mol. The summed E-state index contributed by atoms with van der Waals surface area (Å²) in [4.78, 5) is 15.4. The van der Waals surface area contributed by atoms with Crippen molar-refractivity contribution in [2.45, 2.75) is 25.8 Å². The highest BCUT2D eigenvalue weighted by atomic mass is 16.3. The van der Waals surface area contributed by atoms with E-state index in [9.17, 15) is 5.11 Å². The van der Waals surface area contributed by atoms with E-state index in [1.807, 2.05) is 25.1 Å². The molecule has 5 nitrogen and oxygen atoms in total. The van der Waals surface area contributed by atoms with Gasteiger partial charge in [0.15, 0.2) is 5.82 Å². The minimum Gasteiger partial charge on any atom is -0.395 e. The Labute approximate surface area is 118 Å². The number of aliphatic hydroxyl groups excluding tert-OH is 1. The van der Waals surface area contributed by atoms with Crippen molar-refractivity contribution < 1.29 is 5.11 Å². The van der Waals surface area contributed by atoms with E-state index < -0.39 is 0 Å². The molecule has 1 N–H and O–H groups in total. The van der Waals surface area contributed by atoms with Crippen LogP contribution in [0.15, 0.2) is 30.6 Å². The van der Waals surface area contributed by atoms with Crippen LogP contribution < -0.4 is 4.90 Å². The Kier molecular flexibility index (Phi) is 3.60. The number of rotatable bonds is 5. The smallest absolute Gasteiger partial charge is 0.161 e. The number of hydrogen-bond acceptors (Lipinski definition) is 5. The number of aliphatic hydroxyl groups is 1. The Morgan fingerprint density at radius 1 is 1.25 bits per heavy atom. The maximum atomic E-state index is 9.24.